The van der Waals surface area contributed by atoms with Gasteiger partial charge >= 0.3 is 5.97 Å². The molecule has 0 fully saturated rings. The van der Waals surface area contributed by atoms with Gasteiger partial charge in [-0.15, -0.1) is 0 Å². The lowest BCUT2D eigenvalue weighted by Gasteiger charge is -2.24. The number of carbonyl (C=O) groups is 3. The highest BCUT2D eigenvalue weighted by Gasteiger charge is 2.27. The summed E-state index contributed by atoms with van der Waals surface area (Å²) < 4.78 is 10.8. The van der Waals surface area contributed by atoms with Crippen molar-refractivity contribution < 1.29 is 23.9 Å². The van der Waals surface area contributed by atoms with Crippen molar-refractivity contribution in [1.82, 2.24) is 4.98 Å². The van der Waals surface area contributed by atoms with Gasteiger partial charge in [0, 0.05) is 16.6 Å². The molecule has 162 valence electrons. The Kier molecular flexibility index (Phi) is 5.09. The maximum Gasteiger partial charge on any atom is 0.339 e. The average molecular weight is 430 g/mol. The Balaban J connectivity index is 1.40. The molecule has 0 unspecified atom stereocenters. The summed E-state index contributed by atoms with van der Waals surface area (Å²) >= 11 is 0. The number of aromatic nitrogens is 1. The van der Waals surface area contributed by atoms with Gasteiger partial charge in [-0.3, -0.25) is 14.6 Å². The van der Waals surface area contributed by atoms with E-state index >= 15 is 0 Å². The Hall–Kier alpha value is -3.74. The maximum absolute atomic E-state index is 13.2. The zero-order valence-corrected chi connectivity index (χ0v) is 17.6. The van der Waals surface area contributed by atoms with Gasteiger partial charge in [-0.25, -0.2) is 4.79 Å². The van der Waals surface area contributed by atoms with Gasteiger partial charge in [0.05, 0.1) is 16.8 Å². The van der Waals surface area contributed by atoms with Crippen LogP contribution < -0.4 is 10.1 Å². The minimum absolute atomic E-state index is 0.0548. The number of para-hydroxylation sites is 1. The summed E-state index contributed by atoms with van der Waals surface area (Å²) in [5.41, 5.74) is 3.89. The molecule has 1 aromatic heterocycles. The molecule has 2 aromatic carbocycles. The van der Waals surface area contributed by atoms with Crippen molar-refractivity contribution in [2.24, 2.45) is 5.92 Å². The van der Waals surface area contributed by atoms with Gasteiger partial charge in [0.15, 0.2) is 19.0 Å². The van der Waals surface area contributed by atoms with Crippen LogP contribution in [0.3, 0.4) is 0 Å². The summed E-state index contributed by atoms with van der Waals surface area (Å²) in [5, 5.41) is 3.42. The van der Waals surface area contributed by atoms with Crippen LogP contribution in [0.2, 0.25) is 0 Å². The summed E-state index contributed by atoms with van der Waals surface area (Å²) in [6.07, 6.45) is 2.61. The molecule has 0 radical (unpaired) electrons. The summed E-state index contributed by atoms with van der Waals surface area (Å²) in [7, 11) is 0. The van der Waals surface area contributed by atoms with Gasteiger partial charge in [-0.2, -0.15) is 0 Å². The molecular weight excluding hydrogens is 408 g/mol. The van der Waals surface area contributed by atoms with E-state index in [0.29, 0.717) is 28.5 Å². The molecule has 1 atom stereocenters. The second kappa shape index (κ2) is 8.07. The number of carbonyl (C=O) groups excluding carboxylic acids is 3. The van der Waals surface area contributed by atoms with Crippen LogP contribution in [0.1, 0.15) is 45.3 Å². The molecule has 0 saturated carbocycles. The summed E-state index contributed by atoms with van der Waals surface area (Å²) in [6.45, 7) is 1.71. The monoisotopic (exact) mass is 430 g/mol. The van der Waals surface area contributed by atoms with Gasteiger partial charge in [0.2, 0.25) is 0 Å². The zero-order chi connectivity index (χ0) is 22.2. The molecule has 5 rings (SSSR count). The number of rotatable bonds is 4. The molecule has 2 aliphatic rings. The Bertz CT molecular complexity index is 1270. The fraction of sp³-hybridized carbons (Fsp3) is 0.280. The first kappa shape index (κ1) is 20.2. The van der Waals surface area contributed by atoms with Crippen molar-refractivity contribution in [2.45, 2.75) is 26.2 Å². The molecule has 0 spiro atoms. The Morgan fingerprint density at radius 3 is 2.94 bits per heavy atom. The zero-order valence-electron chi connectivity index (χ0n) is 17.6. The lowest BCUT2D eigenvalue weighted by Crippen LogP contribution is -2.25. The number of pyridine rings is 1. The minimum Gasteiger partial charge on any atom is -0.482 e. The largest absolute Gasteiger partial charge is 0.482 e. The highest BCUT2D eigenvalue weighted by Crippen LogP contribution is 2.32. The van der Waals surface area contributed by atoms with Gasteiger partial charge in [-0.05, 0) is 55.0 Å². The first-order chi connectivity index (χ1) is 15.5. The number of hydrogen-bond donors (Lipinski definition) is 1. The number of esters is 1. The topological polar surface area (TPSA) is 94.6 Å². The van der Waals surface area contributed by atoms with Crippen LogP contribution in [0.4, 0.5) is 5.69 Å². The normalized spacial score (nSPS) is 17.0. The number of amides is 1. The third-order valence-electron chi connectivity index (χ3n) is 5.98. The first-order valence-electron chi connectivity index (χ1n) is 10.7. The van der Waals surface area contributed by atoms with Crippen molar-refractivity contribution in [2.75, 3.05) is 18.5 Å². The first-order valence-corrected chi connectivity index (χ1v) is 10.7. The Labute approximate surface area is 184 Å². The van der Waals surface area contributed by atoms with Crippen molar-refractivity contribution in [1.29, 1.82) is 0 Å². The lowest BCUT2D eigenvalue weighted by molar-refractivity contribution is -0.118. The second-order valence-electron chi connectivity index (χ2n) is 8.32. The molecule has 1 N–H and O–H groups in total. The number of aryl methyl sites for hydroxylation is 1. The number of nitrogens with zero attached hydrogens (tertiary/aromatic N) is 1. The molecule has 7 heteroatoms. The Morgan fingerprint density at radius 1 is 1.22 bits per heavy atom. The highest BCUT2D eigenvalue weighted by atomic mass is 16.5. The van der Waals surface area contributed by atoms with Crippen LogP contribution in [-0.2, 0) is 22.4 Å². The number of ketones is 1. The van der Waals surface area contributed by atoms with Crippen LogP contribution in [0, 0.1) is 5.92 Å². The van der Waals surface area contributed by atoms with Crippen molar-refractivity contribution in [3.05, 3.63) is 64.8 Å². The molecule has 2 heterocycles. The third-order valence-corrected chi connectivity index (χ3v) is 5.98. The van der Waals surface area contributed by atoms with E-state index < -0.39 is 12.6 Å². The number of benzene rings is 2. The molecule has 0 bridgehead atoms. The van der Waals surface area contributed by atoms with Crippen LogP contribution in [0.25, 0.3) is 10.9 Å². The van der Waals surface area contributed by atoms with E-state index in [4.69, 9.17) is 14.5 Å². The van der Waals surface area contributed by atoms with E-state index in [9.17, 15) is 14.4 Å². The van der Waals surface area contributed by atoms with Crippen LogP contribution in [0.15, 0.2) is 42.5 Å². The fourth-order valence-electron chi connectivity index (χ4n) is 4.34. The number of Topliss-reactive ketones (excluding diaryl/α,β-unsaturated/α-hetero) is 1. The molecule has 3 aromatic rings. The molecule has 1 amide bonds. The molecule has 7 nitrogen and oxygen atoms in total. The predicted octanol–water partition coefficient (Wildman–Crippen LogP) is 3.73. The van der Waals surface area contributed by atoms with E-state index in [1.165, 1.54) is 6.07 Å². The van der Waals surface area contributed by atoms with E-state index in [0.717, 1.165) is 41.4 Å². The van der Waals surface area contributed by atoms with Gasteiger partial charge in [-0.1, -0.05) is 25.1 Å². The van der Waals surface area contributed by atoms with E-state index in [2.05, 4.69) is 12.2 Å². The molecule has 32 heavy (non-hydrogen) atoms. The molecule has 1 aliphatic heterocycles. The van der Waals surface area contributed by atoms with Crippen LogP contribution >= 0.6 is 0 Å². The van der Waals surface area contributed by atoms with E-state index in [1.54, 1.807) is 12.1 Å². The second-order valence-corrected chi connectivity index (χ2v) is 8.32. The number of nitrogens with one attached hydrogen (secondary N) is 1. The third kappa shape index (κ3) is 3.70. The minimum atomic E-state index is -0.517. The summed E-state index contributed by atoms with van der Waals surface area (Å²) in [6, 6.07) is 12.3. The van der Waals surface area contributed by atoms with Gasteiger partial charge in [0.1, 0.15) is 5.75 Å². The van der Waals surface area contributed by atoms with Crippen LogP contribution in [-0.4, -0.2) is 35.9 Å². The molecular formula is C25H22N2O5. The van der Waals surface area contributed by atoms with Crippen molar-refractivity contribution in [3.8, 4) is 5.75 Å². The number of anilines is 1. The average Bonchev–Trinajstić information content (AvgIpc) is 2.80. The number of hydrogen-bond acceptors (Lipinski definition) is 6. The fourth-order valence-corrected chi connectivity index (χ4v) is 4.34. The van der Waals surface area contributed by atoms with Crippen LogP contribution in [0.5, 0.6) is 5.75 Å². The smallest absolute Gasteiger partial charge is 0.339 e. The van der Waals surface area contributed by atoms with Crippen molar-refractivity contribution >= 4 is 34.3 Å². The molecule has 0 saturated heterocycles. The lowest BCUT2D eigenvalue weighted by atomic mass is 9.84. The maximum atomic E-state index is 13.2. The van der Waals surface area contributed by atoms with Gasteiger partial charge < -0.3 is 14.8 Å². The molecule has 1 aliphatic carbocycles. The van der Waals surface area contributed by atoms with Gasteiger partial charge in [0.25, 0.3) is 5.91 Å². The standard InChI is InChI=1S/C25H22N2O5/c1-14-6-8-19-17(10-14)24(16-4-2-3-5-18(16)26-19)25(30)32-12-21(28)15-7-9-22-20(11-15)27-23(29)13-31-22/h2-5,7,9,11,14H,6,8,10,12-13H2,1H3,(H,27,29)/t14-/m1/s1. The number of ether oxygens (including phenoxy) is 2. The predicted molar refractivity (Wildman–Crippen MR) is 118 cm³/mol. The quantitative estimate of drug-likeness (QED) is 0.501. The summed E-state index contributed by atoms with van der Waals surface area (Å²) in [5.74, 6) is -0.204. The Morgan fingerprint density at radius 2 is 2.06 bits per heavy atom. The highest BCUT2D eigenvalue weighted by molar-refractivity contribution is 6.07. The SMILES string of the molecule is C[C@@H]1CCc2nc3ccccc3c(C(=O)OCC(=O)c3ccc4c(c3)NC(=O)CO4)c2C1. The summed E-state index contributed by atoms with van der Waals surface area (Å²) in [4.78, 5) is 42.2. The van der Waals surface area contributed by atoms with E-state index in [1.807, 2.05) is 24.3 Å². The van der Waals surface area contributed by atoms with E-state index in [-0.39, 0.29) is 18.3 Å². The number of fused-ring (bicyclic) bond motifs is 3. The van der Waals surface area contributed by atoms with Crippen molar-refractivity contribution in [3.63, 3.8) is 0 Å².